The van der Waals surface area contributed by atoms with Gasteiger partial charge >= 0.3 is 5.97 Å². The summed E-state index contributed by atoms with van der Waals surface area (Å²) in [5, 5.41) is 35.8. The van der Waals surface area contributed by atoms with Gasteiger partial charge in [0.25, 0.3) is 0 Å². The van der Waals surface area contributed by atoms with E-state index in [1.807, 2.05) is 0 Å². The maximum Gasteiger partial charge on any atom is 0.305 e. The third-order valence-corrected chi connectivity index (χ3v) is 5.03. The van der Waals surface area contributed by atoms with Crippen LogP contribution in [-0.2, 0) is 11.4 Å². The Hall–Kier alpha value is -3.85. The van der Waals surface area contributed by atoms with Gasteiger partial charge < -0.3 is 15.2 Å². The second kappa shape index (κ2) is 11.1. The summed E-state index contributed by atoms with van der Waals surface area (Å²) in [4.78, 5) is 9.70. The van der Waals surface area contributed by atoms with Crippen LogP contribution in [0.3, 0.4) is 0 Å². The smallest absolute Gasteiger partial charge is 0.305 e. The van der Waals surface area contributed by atoms with Crippen LogP contribution < -0.4 is 10.1 Å². The molecule has 0 saturated carbocycles. The van der Waals surface area contributed by atoms with E-state index in [2.05, 4.69) is 32.0 Å². The molecule has 33 heavy (non-hydrogen) atoms. The number of ether oxygens (including phenoxy) is 1. The van der Waals surface area contributed by atoms with Crippen molar-refractivity contribution < 1.29 is 19.0 Å². The van der Waals surface area contributed by atoms with Crippen LogP contribution in [0.15, 0.2) is 30.7 Å². The van der Waals surface area contributed by atoms with Gasteiger partial charge in [0.15, 0.2) is 5.82 Å². The number of aliphatic carboxylic acids is 1. The molecule has 0 atom stereocenters. The van der Waals surface area contributed by atoms with Crippen LogP contribution in [-0.4, -0.2) is 54.2 Å². The molecule has 3 aromatic rings. The second-order valence-electron chi connectivity index (χ2n) is 7.71. The first-order valence-corrected chi connectivity index (χ1v) is 10.5. The van der Waals surface area contributed by atoms with E-state index in [0.717, 1.165) is 25.9 Å². The molecule has 0 bridgehead atoms. The fourth-order valence-corrected chi connectivity index (χ4v) is 3.15. The van der Waals surface area contributed by atoms with Crippen LogP contribution in [0.5, 0.6) is 5.75 Å². The topological polar surface area (TPSA) is 144 Å². The van der Waals surface area contributed by atoms with E-state index in [0.29, 0.717) is 17.0 Å². The normalized spacial score (nSPS) is 13.8. The van der Waals surface area contributed by atoms with Gasteiger partial charge in [-0.25, -0.2) is 4.39 Å². The van der Waals surface area contributed by atoms with Crippen LogP contribution in [0.4, 0.5) is 4.39 Å². The molecule has 0 aliphatic carbocycles. The molecule has 1 fully saturated rings. The van der Waals surface area contributed by atoms with Gasteiger partial charge in [-0.15, -0.1) is 5.10 Å². The zero-order valence-corrected chi connectivity index (χ0v) is 18.3. The number of rotatable bonds is 6. The highest BCUT2D eigenvalue weighted by Gasteiger charge is 2.21. The van der Waals surface area contributed by atoms with Crippen molar-refractivity contribution in [2.45, 2.75) is 39.3 Å². The largest absolute Gasteiger partial charge is 0.489 e. The number of halogens is 1. The molecule has 2 N–H and O–H groups in total. The van der Waals surface area contributed by atoms with Crippen LogP contribution in [0, 0.1) is 23.1 Å². The Labute approximate surface area is 189 Å². The first kappa shape index (κ1) is 23.8. The molecule has 1 aromatic carbocycles. The molecular weight excluding hydrogens is 431 g/mol. The maximum atomic E-state index is 14.3. The Morgan fingerprint density at radius 2 is 2.12 bits per heavy atom. The van der Waals surface area contributed by atoms with Gasteiger partial charge in [0, 0.05) is 11.6 Å². The summed E-state index contributed by atoms with van der Waals surface area (Å²) < 4.78 is 22.9. The number of hydrogen-bond donors (Lipinski definition) is 2. The summed E-state index contributed by atoms with van der Waals surface area (Å²) in [5.41, 5.74) is 1.40. The number of nitrogens with one attached hydrogen (secondary N) is 1. The minimum Gasteiger partial charge on any atom is -0.489 e. The first-order chi connectivity index (χ1) is 15.9. The molecule has 0 amide bonds. The molecule has 1 aliphatic heterocycles. The molecule has 11 nitrogen and oxygen atoms in total. The van der Waals surface area contributed by atoms with Crippen molar-refractivity contribution in [3.8, 4) is 17.5 Å². The quantitative estimate of drug-likeness (QED) is 0.570. The van der Waals surface area contributed by atoms with Gasteiger partial charge in [0.05, 0.1) is 18.2 Å². The number of nitrogens with zero attached hydrogens (tertiary/aromatic N) is 7. The Morgan fingerprint density at radius 1 is 1.39 bits per heavy atom. The average Bonchev–Trinajstić information content (AvgIpc) is 3.48. The molecule has 174 valence electrons. The number of benzene rings is 1. The minimum atomic E-state index is -0.741. The summed E-state index contributed by atoms with van der Waals surface area (Å²) in [6, 6.07) is 6.85. The number of aromatic nitrogens is 6. The van der Waals surface area contributed by atoms with E-state index in [9.17, 15) is 14.4 Å². The van der Waals surface area contributed by atoms with Crippen LogP contribution in [0.1, 0.15) is 44.0 Å². The monoisotopic (exact) mass is 456 g/mol. The van der Waals surface area contributed by atoms with Gasteiger partial charge in [0.2, 0.25) is 0 Å². The van der Waals surface area contributed by atoms with Crippen molar-refractivity contribution in [2.24, 2.45) is 5.92 Å². The van der Waals surface area contributed by atoms with Crippen molar-refractivity contribution in [2.75, 3.05) is 13.1 Å². The van der Waals surface area contributed by atoms with Crippen LogP contribution in [0.2, 0.25) is 0 Å². The second-order valence-corrected chi connectivity index (χ2v) is 7.71. The Kier molecular flexibility index (Phi) is 8.04. The fourth-order valence-electron chi connectivity index (χ4n) is 3.15. The molecular formula is C21H25FN8O3. The van der Waals surface area contributed by atoms with E-state index in [-0.39, 0.29) is 24.3 Å². The molecule has 2 aromatic heterocycles. The molecule has 0 radical (unpaired) electrons. The number of hydrogen-bond acceptors (Lipinski definition) is 8. The molecule has 4 rings (SSSR count). The molecule has 0 unspecified atom stereocenters. The number of carboxylic acid groups (broad SMARTS) is 1. The SMILES string of the molecule is CC(C)C(=O)O.N#Cc1c(COc2ccc(-n3cnnn3)c(F)c2)cnn1C1CCNCC1. The number of nitriles is 1. The zero-order valence-electron chi connectivity index (χ0n) is 18.3. The third kappa shape index (κ3) is 6.11. The lowest BCUT2D eigenvalue weighted by atomic mass is 10.1. The average molecular weight is 456 g/mol. The van der Waals surface area contributed by atoms with Crippen molar-refractivity contribution in [3.05, 3.63) is 47.8 Å². The number of carbonyl (C=O) groups is 1. The molecule has 12 heteroatoms. The van der Waals surface area contributed by atoms with Gasteiger partial charge in [0.1, 0.15) is 36.1 Å². The van der Waals surface area contributed by atoms with Gasteiger partial charge in [-0.2, -0.15) is 15.0 Å². The van der Waals surface area contributed by atoms with E-state index in [4.69, 9.17) is 9.84 Å². The number of piperidine rings is 1. The van der Waals surface area contributed by atoms with Gasteiger partial charge in [-0.05, 0) is 48.5 Å². The summed E-state index contributed by atoms with van der Waals surface area (Å²) in [7, 11) is 0. The predicted octanol–water partition coefficient (Wildman–Crippen LogP) is 2.10. The van der Waals surface area contributed by atoms with Crippen LogP contribution in [0.25, 0.3) is 5.69 Å². The summed E-state index contributed by atoms with van der Waals surface area (Å²) in [6.45, 7) is 5.24. The molecule has 1 aliphatic rings. The summed E-state index contributed by atoms with van der Waals surface area (Å²) in [6.07, 6.45) is 4.82. The number of carboxylic acids is 1. The van der Waals surface area contributed by atoms with Crippen molar-refractivity contribution in [1.82, 2.24) is 35.3 Å². The van der Waals surface area contributed by atoms with Crippen molar-refractivity contribution in [1.29, 1.82) is 5.26 Å². The highest BCUT2D eigenvalue weighted by Crippen LogP contribution is 2.24. The minimum absolute atomic E-state index is 0.136. The molecule has 3 heterocycles. The lowest BCUT2D eigenvalue weighted by Gasteiger charge is -2.23. The lowest BCUT2D eigenvalue weighted by Crippen LogP contribution is -2.30. The van der Waals surface area contributed by atoms with Gasteiger partial charge in [-0.1, -0.05) is 13.8 Å². The zero-order chi connectivity index (χ0) is 23.8. The number of tetrazole rings is 1. The lowest BCUT2D eigenvalue weighted by molar-refractivity contribution is -0.140. The van der Waals surface area contributed by atoms with E-state index in [1.54, 1.807) is 30.8 Å². The third-order valence-electron chi connectivity index (χ3n) is 5.03. The summed E-state index contributed by atoms with van der Waals surface area (Å²) >= 11 is 0. The van der Waals surface area contributed by atoms with Crippen molar-refractivity contribution in [3.63, 3.8) is 0 Å². The molecule has 0 spiro atoms. The van der Waals surface area contributed by atoms with Crippen LogP contribution >= 0.6 is 0 Å². The fraction of sp³-hybridized carbons (Fsp3) is 0.429. The Balaban J connectivity index is 0.000000454. The molecule has 1 saturated heterocycles. The highest BCUT2D eigenvalue weighted by atomic mass is 19.1. The van der Waals surface area contributed by atoms with E-state index >= 15 is 0 Å². The Morgan fingerprint density at radius 3 is 2.70 bits per heavy atom. The summed E-state index contributed by atoms with van der Waals surface area (Å²) in [5.74, 6) is -1.13. The van der Waals surface area contributed by atoms with E-state index < -0.39 is 11.8 Å². The standard InChI is InChI=1S/C17H17FN8O.C4H8O2/c18-15-7-14(1-2-16(15)25-11-21-23-24-25)27-10-12-9-22-26(17(12)8-19)13-3-5-20-6-4-13;1-3(2)4(5)6/h1-2,7,9,11,13,20H,3-6,10H2;3H,1-2H3,(H,5,6). The van der Waals surface area contributed by atoms with Gasteiger partial charge in [-0.3, -0.25) is 9.48 Å². The first-order valence-electron chi connectivity index (χ1n) is 10.5. The van der Waals surface area contributed by atoms with Crippen molar-refractivity contribution >= 4 is 5.97 Å². The van der Waals surface area contributed by atoms with E-state index in [1.165, 1.54) is 23.1 Å². The highest BCUT2D eigenvalue weighted by molar-refractivity contribution is 5.68. The Bertz CT molecular complexity index is 1100. The maximum absolute atomic E-state index is 14.3. The predicted molar refractivity (Wildman–Crippen MR) is 114 cm³/mol.